The van der Waals surface area contributed by atoms with Crippen LogP contribution in [-0.4, -0.2) is 58.2 Å². The van der Waals surface area contributed by atoms with Crippen molar-refractivity contribution < 1.29 is 9.53 Å². The van der Waals surface area contributed by atoms with Gasteiger partial charge in [0.2, 0.25) is 0 Å². The van der Waals surface area contributed by atoms with Crippen LogP contribution in [0.4, 0.5) is 4.79 Å². The van der Waals surface area contributed by atoms with Gasteiger partial charge in [-0.1, -0.05) is 73.2 Å². The summed E-state index contributed by atoms with van der Waals surface area (Å²) in [6.45, 7) is 10.5. The molecule has 0 saturated carbocycles. The fourth-order valence-corrected chi connectivity index (χ4v) is 5.13. The van der Waals surface area contributed by atoms with E-state index in [-0.39, 0.29) is 18.2 Å². The minimum Gasteiger partial charge on any atom is -0.444 e. The third-order valence-corrected chi connectivity index (χ3v) is 7.17. The zero-order valence-corrected chi connectivity index (χ0v) is 23.8. The zero-order valence-electron chi connectivity index (χ0n) is 23.8. The van der Waals surface area contributed by atoms with Gasteiger partial charge in [-0.15, -0.1) is 0 Å². The molecule has 7 heteroatoms. The van der Waals surface area contributed by atoms with Gasteiger partial charge in [-0.3, -0.25) is 15.3 Å². The van der Waals surface area contributed by atoms with Crippen molar-refractivity contribution in [1.82, 2.24) is 15.1 Å². The van der Waals surface area contributed by atoms with Crippen LogP contribution in [0.25, 0.3) is 0 Å². The van der Waals surface area contributed by atoms with Crippen molar-refractivity contribution in [1.29, 1.82) is 5.41 Å². The summed E-state index contributed by atoms with van der Waals surface area (Å²) < 4.78 is 5.61. The lowest BCUT2D eigenvalue weighted by atomic mass is 9.98. The van der Waals surface area contributed by atoms with E-state index in [1.165, 1.54) is 16.7 Å². The van der Waals surface area contributed by atoms with E-state index < -0.39 is 5.60 Å². The van der Waals surface area contributed by atoms with Gasteiger partial charge in [0.1, 0.15) is 11.4 Å². The number of benzene rings is 2. The predicted molar refractivity (Wildman–Crippen MR) is 158 cm³/mol. The van der Waals surface area contributed by atoms with Crippen molar-refractivity contribution in [2.24, 2.45) is 4.99 Å². The van der Waals surface area contributed by atoms with Gasteiger partial charge in [0.15, 0.2) is 0 Å². The second kappa shape index (κ2) is 13.1. The minimum atomic E-state index is -0.531. The van der Waals surface area contributed by atoms with E-state index in [0.29, 0.717) is 24.6 Å². The molecule has 7 nitrogen and oxygen atoms in total. The Bertz CT molecular complexity index is 1130. The second-order valence-electron chi connectivity index (χ2n) is 11.5. The molecule has 2 atom stereocenters. The lowest BCUT2D eigenvalue weighted by molar-refractivity contribution is 0.0201. The van der Waals surface area contributed by atoms with Gasteiger partial charge >= 0.3 is 6.09 Å². The first-order chi connectivity index (χ1) is 18.7. The molecule has 2 aromatic carbocycles. The number of aliphatic imine (C=N–C) groups is 1. The van der Waals surface area contributed by atoms with Gasteiger partial charge in [0.25, 0.3) is 0 Å². The molecule has 2 N–H and O–H groups in total. The molecule has 0 radical (unpaired) electrons. The molecule has 0 aliphatic carbocycles. The Morgan fingerprint density at radius 2 is 1.69 bits per heavy atom. The number of carbonyl (C=O) groups excluding carboxylic acids is 1. The molecule has 208 valence electrons. The van der Waals surface area contributed by atoms with E-state index in [2.05, 4.69) is 65.7 Å². The number of amides is 1. The lowest BCUT2D eigenvalue weighted by Crippen LogP contribution is -2.47. The molecule has 0 aromatic heterocycles. The zero-order chi connectivity index (χ0) is 27.8. The largest absolute Gasteiger partial charge is 0.444 e. The van der Waals surface area contributed by atoms with Crippen LogP contribution in [0.5, 0.6) is 0 Å². The van der Waals surface area contributed by atoms with Gasteiger partial charge in [0.05, 0.1) is 17.8 Å². The average Bonchev–Trinajstić information content (AvgIpc) is 3.07. The Kier molecular flexibility index (Phi) is 9.57. The summed E-state index contributed by atoms with van der Waals surface area (Å²) in [7, 11) is 0. The molecule has 1 fully saturated rings. The molecule has 4 rings (SSSR count). The first kappa shape index (κ1) is 28.6. The predicted octanol–water partition coefficient (Wildman–Crippen LogP) is 6.16. The maximum Gasteiger partial charge on any atom is 0.410 e. The maximum absolute atomic E-state index is 12.7. The summed E-state index contributed by atoms with van der Waals surface area (Å²) in [5.74, 6) is 0.602. The van der Waals surface area contributed by atoms with E-state index in [4.69, 9.17) is 9.73 Å². The molecule has 2 heterocycles. The molecule has 39 heavy (non-hydrogen) atoms. The van der Waals surface area contributed by atoms with Crippen LogP contribution < -0.4 is 5.32 Å². The Morgan fingerprint density at radius 1 is 1.08 bits per heavy atom. The molecule has 0 spiro atoms. The number of nitrogens with one attached hydrogen (secondary N) is 2. The highest BCUT2D eigenvalue weighted by Crippen LogP contribution is 2.24. The smallest absolute Gasteiger partial charge is 0.410 e. The number of rotatable bonds is 7. The number of carbonyl (C=O) groups is 1. The molecule has 1 saturated heterocycles. The van der Waals surface area contributed by atoms with Gasteiger partial charge in [-0.25, -0.2) is 4.79 Å². The molecule has 2 aliphatic heterocycles. The molecule has 1 amide bonds. The molecule has 0 bridgehead atoms. The number of hydrogen-bond acceptors (Lipinski definition) is 5. The van der Waals surface area contributed by atoms with E-state index >= 15 is 0 Å². The fourth-order valence-electron chi connectivity index (χ4n) is 5.13. The van der Waals surface area contributed by atoms with Crippen LogP contribution in [0.2, 0.25) is 0 Å². The van der Waals surface area contributed by atoms with E-state index in [1.807, 2.05) is 39.1 Å². The van der Waals surface area contributed by atoms with Crippen LogP contribution >= 0.6 is 0 Å². The highest BCUT2D eigenvalue weighted by Gasteiger charge is 2.32. The standard InChI is InChI=1S/C32H43N5O2/c1-5-24-19-28(37(21-25-13-8-6-9-14-25)22-26-15-10-7-11-16-26)29(33)30(34-20-24)35-27-17-12-18-36(23-27)31(38)39-32(2,3)4/h6-11,13-16,20,27-28,33H,5,12,17-19,21-23H2,1-4H3,(H,34,35). The van der Waals surface area contributed by atoms with Crippen LogP contribution in [0.1, 0.15) is 64.5 Å². The van der Waals surface area contributed by atoms with Crippen molar-refractivity contribution in [2.45, 2.75) is 84.2 Å². The Balaban J connectivity index is 1.59. The third-order valence-electron chi connectivity index (χ3n) is 7.17. The normalized spacial score (nSPS) is 21.4. The van der Waals surface area contributed by atoms with Gasteiger partial charge in [0, 0.05) is 32.4 Å². The molecule has 2 aliphatic rings. The van der Waals surface area contributed by atoms with E-state index in [9.17, 15) is 10.2 Å². The Labute approximate surface area is 233 Å². The van der Waals surface area contributed by atoms with Crippen molar-refractivity contribution >= 4 is 17.6 Å². The maximum atomic E-state index is 12.7. The first-order valence-electron chi connectivity index (χ1n) is 14.1. The molecule has 2 unspecified atom stereocenters. The summed E-state index contributed by atoms with van der Waals surface area (Å²) in [4.78, 5) is 21.9. The summed E-state index contributed by atoms with van der Waals surface area (Å²) in [5.41, 5.74) is 3.67. The van der Waals surface area contributed by atoms with Crippen LogP contribution in [0, 0.1) is 5.41 Å². The molecular weight excluding hydrogens is 486 g/mol. The van der Waals surface area contributed by atoms with E-state index in [1.54, 1.807) is 4.90 Å². The van der Waals surface area contributed by atoms with Gasteiger partial charge < -0.3 is 15.0 Å². The number of amidine groups is 1. The number of nitrogens with zero attached hydrogens (tertiary/aromatic N) is 3. The van der Waals surface area contributed by atoms with Crippen molar-refractivity contribution in [2.75, 3.05) is 13.1 Å². The lowest BCUT2D eigenvalue weighted by Gasteiger charge is -2.34. The van der Waals surface area contributed by atoms with Crippen LogP contribution in [-0.2, 0) is 17.8 Å². The summed E-state index contributed by atoms with van der Waals surface area (Å²) in [6.07, 6.45) is 5.16. The monoisotopic (exact) mass is 529 g/mol. The highest BCUT2D eigenvalue weighted by atomic mass is 16.6. The quantitative estimate of drug-likeness (QED) is 0.450. The molecule has 2 aromatic rings. The van der Waals surface area contributed by atoms with Crippen molar-refractivity contribution in [3.63, 3.8) is 0 Å². The number of piperidine rings is 1. The SMILES string of the molecule is CCC1=CNC(=NC2CCCN(C(=O)OC(C)(C)C)C2)C(=N)C(N(Cc2ccccc2)Cc2ccccc2)C1. The van der Waals surface area contributed by atoms with Crippen LogP contribution in [0.15, 0.2) is 77.4 Å². The average molecular weight is 530 g/mol. The van der Waals surface area contributed by atoms with Crippen molar-refractivity contribution in [3.8, 4) is 0 Å². The van der Waals surface area contributed by atoms with Crippen LogP contribution in [0.3, 0.4) is 0 Å². The number of hydrogen-bond donors (Lipinski definition) is 2. The Morgan fingerprint density at radius 3 is 2.26 bits per heavy atom. The minimum absolute atomic E-state index is 0.0805. The van der Waals surface area contributed by atoms with Gasteiger partial charge in [-0.05, 0) is 57.6 Å². The summed E-state index contributed by atoms with van der Waals surface area (Å²) >= 11 is 0. The summed E-state index contributed by atoms with van der Waals surface area (Å²) in [6, 6.07) is 20.7. The summed E-state index contributed by atoms with van der Waals surface area (Å²) in [5, 5.41) is 12.7. The van der Waals surface area contributed by atoms with E-state index in [0.717, 1.165) is 38.8 Å². The Hall–Kier alpha value is -3.45. The number of ether oxygens (including phenoxy) is 1. The van der Waals surface area contributed by atoms with Crippen molar-refractivity contribution in [3.05, 3.63) is 83.6 Å². The molecular formula is C32H43N5O2. The third kappa shape index (κ3) is 8.27. The topological polar surface area (TPSA) is 81.0 Å². The highest BCUT2D eigenvalue weighted by molar-refractivity contribution is 6.42. The van der Waals surface area contributed by atoms with Gasteiger partial charge in [-0.2, -0.15) is 0 Å². The first-order valence-corrected chi connectivity index (χ1v) is 14.1. The number of likely N-dealkylation sites (tertiary alicyclic amines) is 1. The second-order valence-corrected chi connectivity index (χ2v) is 11.5. The fraction of sp³-hybridized carbons (Fsp3) is 0.469.